The summed E-state index contributed by atoms with van der Waals surface area (Å²) >= 11 is 0. The van der Waals surface area contributed by atoms with Gasteiger partial charge in [0.05, 0.1) is 6.61 Å². The lowest BCUT2D eigenvalue weighted by atomic mass is 9.93. The van der Waals surface area contributed by atoms with Crippen molar-refractivity contribution in [3.05, 3.63) is 35.3 Å². The SMILES string of the molecule is CC1C=C2C(=CC(O)=CC2CO)O1. The molecule has 3 heteroatoms. The zero-order valence-electron chi connectivity index (χ0n) is 7.40. The van der Waals surface area contributed by atoms with Crippen molar-refractivity contribution in [2.24, 2.45) is 5.92 Å². The van der Waals surface area contributed by atoms with Crippen LogP contribution in [0.1, 0.15) is 6.92 Å². The van der Waals surface area contributed by atoms with Crippen LogP contribution in [-0.4, -0.2) is 22.9 Å². The van der Waals surface area contributed by atoms with Gasteiger partial charge in [-0.05, 0) is 19.1 Å². The number of ether oxygens (including phenoxy) is 1. The van der Waals surface area contributed by atoms with Crippen LogP contribution in [0.3, 0.4) is 0 Å². The monoisotopic (exact) mass is 180 g/mol. The van der Waals surface area contributed by atoms with E-state index in [2.05, 4.69) is 0 Å². The van der Waals surface area contributed by atoms with Crippen LogP contribution < -0.4 is 0 Å². The smallest absolute Gasteiger partial charge is 0.127 e. The van der Waals surface area contributed by atoms with Crippen LogP contribution >= 0.6 is 0 Å². The molecule has 2 atom stereocenters. The van der Waals surface area contributed by atoms with Gasteiger partial charge in [0.25, 0.3) is 0 Å². The second-order valence-corrected chi connectivity index (χ2v) is 3.33. The molecular formula is C10H12O3. The van der Waals surface area contributed by atoms with Crippen molar-refractivity contribution >= 4 is 0 Å². The molecule has 2 unspecified atom stereocenters. The summed E-state index contributed by atoms with van der Waals surface area (Å²) in [6, 6.07) is 0. The summed E-state index contributed by atoms with van der Waals surface area (Å²) in [5, 5.41) is 18.4. The highest BCUT2D eigenvalue weighted by Crippen LogP contribution is 2.34. The molecule has 13 heavy (non-hydrogen) atoms. The summed E-state index contributed by atoms with van der Waals surface area (Å²) < 4.78 is 5.42. The highest BCUT2D eigenvalue weighted by atomic mass is 16.5. The van der Waals surface area contributed by atoms with Gasteiger partial charge in [0.2, 0.25) is 0 Å². The van der Waals surface area contributed by atoms with E-state index in [0.29, 0.717) is 5.76 Å². The van der Waals surface area contributed by atoms with Gasteiger partial charge in [0.1, 0.15) is 17.6 Å². The number of hydrogen-bond donors (Lipinski definition) is 2. The fourth-order valence-electron chi connectivity index (χ4n) is 1.69. The van der Waals surface area contributed by atoms with Gasteiger partial charge in [-0.3, -0.25) is 0 Å². The summed E-state index contributed by atoms with van der Waals surface area (Å²) in [6.45, 7) is 1.93. The van der Waals surface area contributed by atoms with Gasteiger partial charge in [-0.2, -0.15) is 0 Å². The van der Waals surface area contributed by atoms with Gasteiger partial charge >= 0.3 is 0 Å². The first-order valence-electron chi connectivity index (χ1n) is 4.33. The normalized spacial score (nSPS) is 31.4. The molecule has 0 aromatic carbocycles. The summed E-state index contributed by atoms with van der Waals surface area (Å²) in [4.78, 5) is 0. The summed E-state index contributed by atoms with van der Waals surface area (Å²) in [7, 11) is 0. The van der Waals surface area contributed by atoms with Gasteiger partial charge in [-0.15, -0.1) is 0 Å². The zero-order valence-corrected chi connectivity index (χ0v) is 7.40. The number of fused-ring (bicyclic) bond motifs is 1. The molecule has 3 nitrogen and oxygen atoms in total. The molecule has 2 N–H and O–H groups in total. The topological polar surface area (TPSA) is 49.7 Å². The molecule has 0 aromatic heterocycles. The minimum absolute atomic E-state index is 0.00329. The van der Waals surface area contributed by atoms with Crippen molar-refractivity contribution in [2.75, 3.05) is 6.61 Å². The quantitative estimate of drug-likeness (QED) is 0.639. The van der Waals surface area contributed by atoms with E-state index in [-0.39, 0.29) is 24.4 Å². The molecule has 0 saturated heterocycles. The van der Waals surface area contributed by atoms with E-state index in [1.54, 1.807) is 12.2 Å². The summed E-state index contributed by atoms with van der Waals surface area (Å²) in [5.74, 6) is 0.733. The molecule has 0 saturated carbocycles. The van der Waals surface area contributed by atoms with Gasteiger partial charge < -0.3 is 14.9 Å². The van der Waals surface area contributed by atoms with Crippen molar-refractivity contribution in [1.82, 2.24) is 0 Å². The molecule has 0 amide bonds. The lowest BCUT2D eigenvalue weighted by Gasteiger charge is -2.17. The number of rotatable bonds is 1. The lowest BCUT2D eigenvalue weighted by molar-refractivity contribution is 0.188. The number of allylic oxidation sites excluding steroid dienone is 2. The Bertz CT molecular complexity index is 312. The number of aliphatic hydroxyl groups excluding tert-OH is 2. The van der Waals surface area contributed by atoms with E-state index in [1.165, 1.54) is 0 Å². The van der Waals surface area contributed by atoms with Gasteiger partial charge in [-0.1, -0.05) is 0 Å². The Morgan fingerprint density at radius 2 is 2.23 bits per heavy atom. The van der Waals surface area contributed by atoms with E-state index >= 15 is 0 Å². The third kappa shape index (κ3) is 1.35. The Kier molecular flexibility index (Phi) is 1.88. The average molecular weight is 180 g/mol. The third-order valence-electron chi connectivity index (χ3n) is 2.26. The first-order chi connectivity index (χ1) is 6.20. The lowest BCUT2D eigenvalue weighted by Crippen LogP contribution is -2.11. The first-order valence-corrected chi connectivity index (χ1v) is 4.33. The van der Waals surface area contributed by atoms with Crippen molar-refractivity contribution in [2.45, 2.75) is 13.0 Å². The van der Waals surface area contributed by atoms with Crippen LogP contribution in [0.25, 0.3) is 0 Å². The Hall–Kier alpha value is -1.22. The van der Waals surface area contributed by atoms with E-state index < -0.39 is 0 Å². The predicted molar refractivity (Wildman–Crippen MR) is 48.0 cm³/mol. The van der Waals surface area contributed by atoms with E-state index in [4.69, 9.17) is 9.84 Å². The van der Waals surface area contributed by atoms with Gasteiger partial charge in [0.15, 0.2) is 0 Å². The van der Waals surface area contributed by atoms with Crippen molar-refractivity contribution in [3.8, 4) is 0 Å². The molecule has 1 aliphatic carbocycles. The van der Waals surface area contributed by atoms with E-state index in [1.807, 2.05) is 13.0 Å². The predicted octanol–water partition coefficient (Wildman–Crippen LogP) is 1.28. The van der Waals surface area contributed by atoms with Crippen LogP contribution in [0, 0.1) is 5.92 Å². The largest absolute Gasteiger partial charge is 0.508 e. The van der Waals surface area contributed by atoms with Crippen LogP contribution in [0.5, 0.6) is 0 Å². The van der Waals surface area contributed by atoms with Gasteiger partial charge in [-0.25, -0.2) is 0 Å². The van der Waals surface area contributed by atoms with Crippen molar-refractivity contribution in [1.29, 1.82) is 0 Å². The van der Waals surface area contributed by atoms with Crippen LogP contribution in [-0.2, 0) is 4.74 Å². The Balaban J connectivity index is 2.35. The third-order valence-corrected chi connectivity index (χ3v) is 2.26. The second-order valence-electron chi connectivity index (χ2n) is 3.33. The minimum atomic E-state index is -0.120. The second kappa shape index (κ2) is 2.92. The molecule has 0 radical (unpaired) electrons. The Labute approximate surface area is 76.6 Å². The standard InChI is InChI=1S/C10H12O3/c1-6-2-9-7(5-11)3-8(12)4-10(9)13-6/h2-4,6-7,11-12H,5H2,1H3. The maximum atomic E-state index is 9.31. The maximum absolute atomic E-state index is 9.31. The van der Waals surface area contributed by atoms with Crippen molar-refractivity contribution < 1.29 is 14.9 Å². The Morgan fingerprint density at radius 3 is 2.92 bits per heavy atom. The average Bonchev–Trinajstić information content (AvgIpc) is 2.43. The molecule has 0 bridgehead atoms. The van der Waals surface area contributed by atoms with Crippen LogP contribution in [0.2, 0.25) is 0 Å². The molecule has 1 heterocycles. The molecular weight excluding hydrogens is 168 g/mol. The van der Waals surface area contributed by atoms with Crippen LogP contribution in [0.4, 0.5) is 0 Å². The molecule has 0 spiro atoms. The highest BCUT2D eigenvalue weighted by Gasteiger charge is 2.27. The number of aliphatic hydroxyl groups is 2. The fraction of sp³-hybridized carbons (Fsp3) is 0.400. The maximum Gasteiger partial charge on any atom is 0.127 e. The molecule has 2 aliphatic rings. The minimum Gasteiger partial charge on any atom is -0.508 e. The van der Waals surface area contributed by atoms with Gasteiger partial charge in [0, 0.05) is 17.6 Å². The zero-order chi connectivity index (χ0) is 9.42. The Morgan fingerprint density at radius 1 is 1.46 bits per heavy atom. The first kappa shape index (κ1) is 8.38. The highest BCUT2D eigenvalue weighted by molar-refractivity contribution is 5.43. The fourth-order valence-corrected chi connectivity index (χ4v) is 1.69. The number of hydrogen-bond acceptors (Lipinski definition) is 3. The molecule has 2 rings (SSSR count). The van der Waals surface area contributed by atoms with E-state index in [9.17, 15) is 5.11 Å². The molecule has 0 aromatic rings. The van der Waals surface area contributed by atoms with E-state index in [0.717, 1.165) is 5.57 Å². The molecule has 70 valence electrons. The van der Waals surface area contributed by atoms with Crippen LogP contribution in [0.15, 0.2) is 35.3 Å². The summed E-state index contributed by atoms with van der Waals surface area (Å²) in [6.07, 6.45) is 5.23. The molecule has 0 fully saturated rings. The summed E-state index contributed by atoms with van der Waals surface area (Å²) in [5.41, 5.74) is 0.979. The molecule has 1 aliphatic heterocycles. The van der Waals surface area contributed by atoms with Crippen molar-refractivity contribution in [3.63, 3.8) is 0 Å².